The van der Waals surface area contributed by atoms with Gasteiger partial charge in [0.1, 0.15) is 5.82 Å². The van der Waals surface area contributed by atoms with Gasteiger partial charge in [-0.1, -0.05) is 0 Å². The maximum Gasteiger partial charge on any atom is 0.416 e. The largest absolute Gasteiger partial charge is 0.416 e. The van der Waals surface area contributed by atoms with Crippen LogP contribution in [-0.4, -0.2) is 44.4 Å². The second-order valence-electron chi connectivity index (χ2n) is 4.48. The Bertz CT molecular complexity index is 419. The average molecular weight is 275 g/mol. The van der Waals surface area contributed by atoms with E-state index >= 15 is 0 Å². The van der Waals surface area contributed by atoms with Crippen molar-refractivity contribution in [2.75, 3.05) is 38.2 Å². The molecular formula is C12H16F3N3O. The molecule has 1 fully saturated rings. The molecule has 7 heteroatoms. The number of pyridine rings is 1. The van der Waals surface area contributed by atoms with Gasteiger partial charge >= 0.3 is 6.18 Å². The normalized spacial score (nSPS) is 20.3. The smallest absolute Gasteiger partial charge is 0.374 e. The molecule has 1 unspecified atom stereocenters. The van der Waals surface area contributed by atoms with Gasteiger partial charge in [0.05, 0.1) is 18.3 Å². The summed E-state index contributed by atoms with van der Waals surface area (Å²) in [5.74, 6) is 0.295. The molecule has 1 aliphatic rings. The van der Waals surface area contributed by atoms with Gasteiger partial charge in [-0.05, 0) is 12.1 Å². The molecule has 1 saturated heterocycles. The number of hydrogen-bond acceptors (Lipinski definition) is 4. The Morgan fingerprint density at radius 3 is 2.95 bits per heavy atom. The zero-order valence-corrected chi connectivity index (χ0v) is 10.6. The van der Waals surface area contributed by atoms with E-state index in [1.807, 2.05) is 0 Å². The summed E-state index contributed by atoms with van der Waals surface area (Å²) in [6, 6.07) is 2.02. The number of anilines is 1. The molecule has 0 aliphatic carbocycles. The second kappa shape index (κ2) is 5.75. The average Bonchev–Trinajstić information content (AvgIpc) is 2.39. The molecule has 2 rings (SSSR count). The number of alkyl halides is 3. The van der Waals surface area contributed by atoms with Crippen LogP contribution in [0, 0.1) is 0 Å². The first-order valence-corrected chi connectivity index (χ1v) is 6.03. The fourth-order valence-corrected chi connectivity index (χ4v) is 1.94. The fraction of sp³-hybridized carbons (Fsp3) is 0.583. The molecule has 0 saturated carbocycles. The number of likely N-dealkylation sites (N-methyl/N-ethyl adjacent to an activating group) is 1. The lowest BCUT2D eigenvalue weighted by molar-refractivity contribution is -0.137. The molecule has 0 amide bonds. The van der Waals surface area contributed by atoms with Gasteiger partial charge in [0.15, 0.2) is 0 Å². The monoisotopic (exact) mass is 275 g/mol. The van der Waals surface area contributed by atoms with E-state index in [4.69, 9.17) is 4.74 Å². The highest BCUT2D eigenvalue weighted by Gasteiger charge is 2.31. The third-order valence-electron chi connectivity index (χ3n) is 2.95. The first-order valence-electron chi connectivity index (χ1n) is 6.03. The zero-order chi connectivity index (χ0) is 13.9. The summed E-state index contributed by atoms with van der Waals surface area (Å²) in [5, 5.41) is 3.18. The quantitative estimate of drug-likeness (QED) is 0.907. The van der Waals surface area contributed by atoms with E-state index in [0.717, 1.165) is 18.7 Å². The van der Waals surface area contributed by atoms with Crippen LogP contribution in [0.4, 0.5) is 19.0 Å². The Kier molecular flexibility index (Phi) is 4.26. The van der Waals surface area contributed by atoms with Crippen LogP contribution in [-0.2, 0) is 10.9 Å². The Labute approximate surface area is 109 Å². The summed E-state index contributed by atoms with van der Waals surface area (Å²) >= 11 is 0. The minimum Gasteiger partial charge on any atom is -0.374 e. The highest BCUT2D eigenvalue weighted by atomic mass is 19.4. The van der Waals surface area contributed by atoms with E-state index < -0.39 is 11.7 Å². The second-order valence-corrected chi connectivity index (χ2v) is 4.48. The molecule has 106 valence electrons. The summed E-state index contributed by atoms with van der Waals surface area (Å²) in [5.41, 5.74) is -0.688. The van der Waals surface area contributed by atoms with Crippen molar-refractivity contribution >= 4 is 5.82 Å². The van der Waals surface area contributed by atoms with Crippen molar-refractivity contribution in [3.8, 4) is 0 Å². The van der Waals surface area contributed by atoms with Gasteiger partial charge < -0.3 is 15.0 Å². The van der Waals surface area contributed by atoms with Crippen LogP contribution < -0.4 is 10.2 Å². The summed E-state index contributed by atoms with van der Waals surface area (Å²) in [7, 11) is 1.71. The first-order chi connectivity index (χ1) is 8.97. The van der Waals surface area contributed by atoms with Crippen molar-refractivity contribution in [1.82, 2.24) is 10.3 Å². The van der Waals surface area contributed by atoms with Crippen molar-refractivity contribution in [2.45, 2.75) is 12.3 Å². The number of aromatic nitrogens is 1. The Morgan fingerprint density at radius 1 is 1.53 bits per heavy atom. The van der Waals surface area contributed by atoms with Crippen LogP contribution in [0.15, 0.2) is 18.3 Å². The molecule has 4 nitrogen and oxygen atoms in total. The minimum atomic E-state index is -4.35. The molecule has 1 atom stereocenters. The van der Waals surface area contributed by atoms with Crippen LogP contribution in [0.1, 0.15) is 5.56 Å². The van der Waals surface area contributed by atoms with E-state index in [2.05, 4.69) is 10.3 Å². The molecule has 0 spiro atoms. The molecule has 1 N–H and O–H groups in total. The molecular weight excluding hydrogens is 259 g/mol. The van der Waals surface area contributed by atoms with Gasteiger partial charge in [-0.3, -0.25) is 0 Å². The van der Waals surface area contributed by atoms with Crippen molar-refractivity contribution in [1.29, 1.82) is 0 Å². The van der Waals surface area contributed by atoms with E-state index in [9.17, 15) is 13.2 Å². The predicted octanol–water partition coefficient (Wildman–Crippen LogP) is 1.52. The topological polar surface area (TPSA) is 37.4 Å². The van der Waals surface area contributed by atoms with Crippen molar-refractivity contribution in [3.63, 3.8) is 0 Å². The van der Waals surface area contributed by atoms with Gasteiger partial charge in [-0.2, -0.15) is 13.2 Å². The summed E-state index contributed by atoms with van der Waals surface area (Å²) in [6.07, 6.45) is -3.20. The molecule has 0 radical (unpaired) electrons. The van der Waals surface area contributed by atoms with Gasteiger partial charge in [-0.15, -0.1) is 0 Å². The number of nitrogens with zero attached hydrogens (tertiary/aromatic N) is 2. The van der Waals surface area contributed by atoms with E-state index in [-0.39, 0.29) is 6.10 Å². The number of morpholine rings is 1. The molecule has 0 bridgehead atoms. The maximum absolute atomic E-state index is 12.6. The number of halogens is 3. The lowest BCUT2D eigenvalue weighted by Crippen LogP contribution is -2.44. The molecule has 1 aromatic heterocycles. The third kappa shape index (κ3) is 3.81. The number of nitrogens with one attached hydrogen (secondary N) is 1. The van der Waals surface area contributed by atoms with Crippen molar-refractivity contribution in [3.05, 3.63) is 23.9 Å². The van der Waals surface area contributed by atoms with Gasteiger partial charge in [0.2, 0.25) is 0 Å². The first kappa shape index (κ1) is 14.1. The fourth-order valence-electron chi connectivity index (χ4n) is 1.94. The van der Waals surface area contributed by atoms with Crippen LogP contribution in [0.3, 0.4) is 0 Å². The van der Waals surface area contributed by atoms with Crippen LogP contribution in [0.25, 0.3) is 0 Å². The Hall–Kier alpha value is -1.34. The minimum absolute atomic E-state index is 0.0323. The SMILES string of the molecule is CN(CC1CNCCO1)c1cc(C(F)(F)F)ccn1. The molecule has 1 aliphatic heterocycles. The maximum atomic E-state index is 12.6. The highest BCUT2D eigenvalue weighted by molar-refractivity contribution is 5.41. The van der Waals surface area contributed by atoms with Crippen LogP contribution in [0.5, 0.6) is 0 Å². The Balaban J connectivity index is 2.04. The molecule has 19 heavy (non-hydrogen) atoms. The lowest BCUT2D eigenvalue weighted by Gasteiger charge is -2.28. The summed E-state index contributed by atoms with van der Waals surface area (Å²) in [4.78, 5) is 5.64. The van der Waals surface area contributed by atoms with Gasteiger partial charge in [0.25, 0.3) is 0 Å². The number of hydrogen-bond donors (Lipinski definition) is 1. The van der Waals surface area contributed by atoms with Gasteiger partial charge in [0, 0.05) is 32.9 Å². The van der Waals surface area contributed by atoms with E-state index in [1.54, 1.807) is 11.9 Å². The zero-order valence-electron chi connectivity index (χ0n) is 10.6. The van der Waals surface area contributed by atoms with Crippen molar-refractivity contribution in [2.24, 2.45) is 0 Å². The van der Waals surface area contributed by atoms with Crippen LogP contribution >= 0.6 is 0 Å². The van der Waals surface area contributed by atoms with E-state index in [0.29, 0.717) is 25.5 Å². The summed E-state index contributed by atoms with van der Waals surface area (Å²) in [6.45, 7) is 2.63. The van der Waals surface area contributed by atoms with E-state index in [1.165, 1.54) is 6.20 Å². The third-order valence-corrected chi connectivity index (χ3v) is 2.95. The van der Waals surface area contributed by atoms with Gasteiger partial charge in [-0.25, -0.2) is 4.98 Å². The number of ether oxygens (including phenoxy) is 1. The Morgan fingerprint density at radius 2 is 2.32 bits per heavy atom. The standard InChI is InChI=1S/C12H16F3N3O/c1-18(8-10-7-16-4-5-19-10)11-6-9(2-3-17-11)12(13,14)15/h2-3,6,10,16H,4-5,7-8H2,1H3. The van der Waals surface area contributed by atoms with Crippen LogP contribution in [0.2, 0.25) is 0 Å². The summed E-state index contributed by atoms with van der Waals surface area (Å²) < 4.78 is 43.3. The molecule has 1 aromatic rings. The molecule has 2 heterocycles. The highest BCUT2D eigenvalue weighted by Crippen LogP contribution is 2.30. The molecule has 0 aromatic carbocycles. The number of rotatable bonds is 3. The lowest BCUT2D eigenvalue weighted by atomic mass is 10.2. The van der Waals surface area contributed by atoms with Crippen molar-refractivity contribution < 1.29 is 17.9 Å². The predicted molar refractivity (Wildman–Crippen MR) is 65.1 cm³/mol.